The Morgan fingerprint density at radius 3 is 2.04 bits per heavy atom. The number of rotatable bonds is 2. The predicted octanol–water partition coefficient (Wildman–Crippen LogP) is 3.06. The Kier molecular flexibility index (Phi) is 3.95. The first kappa shape index (κ1) is 16.6. The Labute approximate surface area is 136 Å². The molecule has 0 bridgehead atoms. The van der Waals surface area contributed by atoms with Gasteiger partial charge in [0.05, 0.1) is 10.9 Å². The number of nitrogens with zero attached hydrogens (tertiary/aromatic N) is 3. The van der Waals surface area contributed by atoms with Crippen LogP contribution in [0.4, 0.5) is 33.7 Å². The second kappa shape index (κ2) is 5.96. The van der Waals surface area contributed by atoms with E-state index in [1.165, 1.54) is 12.3 Å². The minimum absolute atomic E-state index is 0.0292. The normalized spacial score (nSPS) is 11.6. The molecule has 1 aromatic carbocycles. The Morgan fingerprint density at radius 1 is 0.800 bits per heavy atom. The highest BCUT2D eigenvalue weighted by molar-refractivity contribution is 5.88. The van der Waals surface area contributed by atoms with Gasteiger partial charge in [-0.2, -0.15) is 9.97 Å². The minimum atomic E-state index is -2.22. The molecule has 0 unspecified atom stereocenters. The van der Waals surface area contributed by atoms with E-state index in [1.807, 2.05) is 0 Å². The maximum atomic E-state index is 13.6. The molecule has 0 fully saturated rings. The zero-order valence-corrected chi connectivity index (χ0v) is 12.2. The van der Waals surface area contributed by atoms with Crippen LogP contribution in [0.5, 0.6) is 0 Å². The smallest absolute Gasteiger partial charge is 0.224 e. The third-order valence-electron chi connectivity index (χ3n) is 3.31. The number of pyridine rings is 1. The third-order valence-corrected chi connectivity index (χ3v) is 3.31. The van der Waals surface area contributed by atoms with Crippen LogP contribution in [0.25, 0.3) is 23.2 Å². The molecule has 5 nitrogen and oxygen atoms in total. The first-order valence-electron chi connectivity index (χ1n) is 6.68. The molecule has 2 aromatic heterocycles. The van der Waals surface area contributed by atoms with E-state index in [0.29, 0.717) is 5.39 Å². The lowest BCUT2D eigenvalue weighted by molar-refractivity contribution is 0.377. The molecule has 0 spiro atoms. The molecule has 128 valence electrons. The van der Waals surface area contributed by atoms with Crippen LogP contribution >= 0.6 is 0 Å². The van der Waals surface area contributed by atoms with E-state index >= 15 is 0 Å². The fraction of sp³-hybridized carbons (Fsp3) is 0. The van der Waals surface area contributed by atoms with Gasteiger partial charge in [0.15, 0.2) is 28.9 Å². The summed E-state index contributed by atoms with van der Waals surface area (Å²) in [5.74, 6) is -10.2. The van der Waals surface area contributed by atoms with E-state index in [0.717, 1.165) is 12.2 Å². The summed E-state index contributed by atoms with van der Waals surface area (Å²) in [6.45, 7) is 0. The van der Waals surface area contributed by atoms with E-state index in [1.54, 1.807) is 0 Å². The number of anilines is 2. The van der Waals surface area contributed by atoms with Gasteiger partial charge in [-0.05, 0) is 17.7 Å². The number of fused-ring (bicyclic) bond motifs is 1. The van der Waals surface area contributed by atoms with E-state index in [-0.39, 0.29) is 23.0 Å². The fourth-order valence-electron chi connectivity index (χ4n) is 2.11. The van der Waals surface area contributed by atoms with Gasteiger partial charge in [-0.3, -0.25) is 0 Å². The van der Waals surface area contributed by atoms with Crippen molar-refractivity contribution >= 4 is 35.0 Å². The summed E-state index contributed by atoms with van der Waals surface area (Å²) in [7, 11) is 0. The minimum Gasteiger partial charge on any atom is -0.383 e. The van der Waals surface area contributed by atoms with E-state index < -0.39 is 34.6 Å². The third kappa shape index (κ3) is 2.82. The van der Waals surface area contributed by atoms with Crippen molar-refractivity contribution in [1.29, 1.82) is 0 Å². The molecule has 0 radical (unpaired) electrons. The summed E-state index contributed by atoms with van der Waals surface area (Å²) in [5, 5.41) is 0.314. The summed E-state index contributed by atoms with van der Waals surface area (Å²) in [4.78, 5) is 11.5. The molecular formula is C15H8F5N5. The van der Waals surface area contributed by atoms with Gasteiger partial charge in [0.25, 0.3) is 0 Å². The van der Waals surface area contributed by atoms with Crippen molar-refractivity contribution in [2.75, 3.05) is 11.5 Å². The maximum absolute atomic E-state index is 13.6. The predicted molar refractivity (Wildman–Crippen MR) is 81.3 cm³/mol. The molecule has 0 amide bonds. The number of nitrogens with two attached hydrogens (primary N) is 2. The first-order chi connectivity index (χ1) is 11.8. The van der Waals surface area contributed by atoms with Crippen molar-refractivity contribution in [2.24, 2.45) is 0 Å². The van der Waals surface area contributed by atoms with Crippen LogP contribution in [0, 0.1) is 29.1 Å². The fourth-order valence-corrected chi connectivity index (χ4v) is 2.11. The van der Waals surface area contributed by atoms with E-state index in [2.05, 4.69) is 15.0 Å². The number of benzene rings is 1. The quantitative estimate of drug-likeness (QED) is 0.420. The van der Waals surface area contributed by atoms with Crippen LogP contribution < -0.4 is 11.5 Å². The standard InChI is InChI=1S/C15H8F5N5/c16-8-6(9(17)11(19)12(20)10(8)18)2-1-5-3-7-13(21)24-15(22)25-14(7)23-4-5/h1-4H,(H4,21,22,23,24,25)/b2-1+. The molecule has 0 aliphatic rings. The summed E-state index contributed by atoms with van der Waals surface area (Å²) < 4.78 is 66.6. The Bertz CT molecular complexity index is 1010. The largest absolute Gasteiger partial charge is 0.383 e. The molecule has 0 saturated heterocycles. The van der Waals surface area contributed by atoms with E-state index in [4.69, 9.17) is 11.5 Å². The highest BCUT2D eigenvalue weighted by Gasteiger charge is 2.24. The summed E-state index contributed by atoms with van der Waals surface area (Å²) in [6.07, 6.45) is 3.12. The van der Waals surface area contributed by atoms with Crippen molar-refractivity contribution < 1.29 is 22.0 Å². The van der Waals surface area contributed by atoms with Crippen molar-refractivity contribution in [3.63, 3.8) is 0 Å². The molecule has 2 heterocycles. The van der Waals surface area contributed by atoms with Crippen molar-refractivity contribution in [3.05, 3.63) is 52.5 Å². The lowest BCUT2D eigenvalue weighted by Gasteiger charge is -2.05. The Morgan fingerprint density at radius 2 is 1.40 bits per heavy atom. The van der Waals surface area contributed by atoms with Crippen LogP contribution in [-0.4, -0.2) is 15.0 Å². The lowest BCUT2D eigenvalue weighted by atomic mass is 10.1. The molecule has 4 N–H and O–H groups in total. The number of hydrogen-bond acceptors (Lipinski definition) is 5. The zero-order valence-electron chi connectivity index (χ0n) is 12.2. The maximum Gasteiger partial charge on any atom is 0.224 e. The average molecular weight is 353 g/mol. The second-order valence-corrected chi connectivity index (χ2v) is 4.92. The number of nitrogen functional groups attached to an aromatic ring is 2. The van der Waals surface area contributed by atoms with Crippen molar-refractivity contribution in [2.45, 2.75) is 0 Å². The second-order valence-electron chi connectivity index (χ2n) is 4.92. The highest BCUT2D eigenvalue weighted by atomic mass is 19.2. The Hall–Kier alpha value is -3.30. The summed E-state index contributed by atoms with van der Waals surface area (Å²) in [6, 6.07) is 1.43. The molecule has 3 aromatic rings. The van der Waals surface area contributed by atoms with Crippen LogP contribution in [-0.2, 0) is 0 Å². The molecule has 10 heteroatoms. The van der Waals surface area contributed by atoms with Gasteiger partial charge in [-0.1, -0.05) is 6.08 Å². The lowest BCUT2D eigenvalue weighted by Crippen LogP contribution is -2.03. The van der Waals surface area contributed by atoms with Crippen LogP contribution in [0.1, 0.15) is 11.1 Å². The summed E-state index contributed by atoms with van der Waals surface area (Å²) in [5.41, 5.74) is 10.5. The monoisotopic (exact) mass is 353 g/mol. The number of halogens is 5. The SMILES string of the molecule is Nc1nc(N)c2cc(/C=C/c3c(F)c(F)c(F)c(F)c3F)cnc2n1. The first-order valence-corrected chi connectivity index (χ1v) is 6.68. The number of hydrogen-bond donors (Lipinski definition) is 2. The molecule has 0 aliphatic heterocycles. The van der Waals surface area contributed by atoms with Crippen LogP contribution in [0.3, 0.4) is 0 Å². The average Bonchev–Trinajstić information content (AvgIpc) is 2.58. The van der Waals surface area contributed by atoms with Gasteiger partial charge in [0, 0.05) is 6.20 Å². The highest BCUT2D eigenvalue weighted by Crippen LogP contribution is 2.25. The van der Waals surface area contributed by atoms with E-state index in [9.17, 15) is 22.0 Å². The van der Waals surface area contributed by atoms with Crippen LogP contribution in [0.15, 0.2) is 12.3 Å². The van der Waals surface area contributed by atoms with Crippen molar-refractivity contribution in [1.82, 2.24) is 15.0 Å². The van der Waals surface area contributed by atoms with Crippen LogP contribution in [0.2, 0.25) is 0 Å². The summed E-state index contributed by atoms with van der Waals surface area (Å²) >= 11 is 0. The molecular weight excluding hydrogens is 345 g/mol. The van der Waals surface area contributed by atoms with Crippen molar-refractivity contribution in [3.8, 4) is 0 Å². The molecule has 3 rings (SSSR count). The molecule has 0 saturated carbocycles. The zero-order chi connectivity index (χ0) is 18.3. The van der Waals surface area contributed by atoms with Gasteiger partial charge in [-0.15, -0.1) is 0 Å². The topological polar surface area (TPSA) is 90.7 Å². The molecule has 0 atom stereocenters. The Balaban J connectivity index is 2.08. The van der Waals surface area contributed by atoms with Gasteiger partial charge < -0.3 is 11.5 Å². The van der Waals surface area contributed by atoms with Gasteiger partial charge >= 0.3 is 0 Å². The molecule has 0 aliphatic carbocycles. The van der Waals surface area contributed by atoms with Gasteiger partial charge in [0.2, 0.25) is 11.8 Å². The molecule has 25 heavy (non-hydrogen) atoms. The number of aromatic nitrogens is 3. The van der Waals surface area contributed by atoms with Gasteiger partial charge in [-0.25, -0.2) is 26.9 Å². The van der Waals surface area contributed by atoms with Gasteiger partial charge in [0.1, 0.15) is 5.82 Å².